The Morgan fingerprint density at radius 2 is 1.95 bits per heavy atom. The second-order valence-electron chi connectivity index (χ2n) is 6.00. The fourth-order valence-corrected chi connectivity index (χ4v) is 2.63. The molecule has 0 spiro atoms. The summed E-state index contributed by atoms with van der Waals surface area (Å²) in [6.45, 7) is 5.99. The zero-order valence-corrected chi connectivity index (χ0v) is 12.8. The standard InChI is InChI=1S/C17H25FN2O/c1-14-7-11-20(12-8-14)13-9-17(21)19-10-6-15-2-4-16(18)5-3-15/h2-5,14H,6-13H2,1H3,(H,19,21). The summed E-state index contributed by atoms with van der Waals surface area (Å²) in [7, 11) is 0. The van der Waals surface area contributed by atoms with Gasteiger partial charge in [0.05, 0.1) is 0 Å². The van der Waals surface area contributed by atoms with Gasteiger partial charge in [-0.1, -0.05) is 19.1 Å². The Kier molecular flexibility index (Phi) is 6.18. The van der Waals surface area contributed by atoms with Crippen LogP contribution in [0, 0.1) is 11.7 Å². The molecule has 0 radical (unpaired) electrons. The molecule has 1 aliphatic heterocycles. The van der Waals surface area contributed by atoms with Crippen LogP contribution in [0.1, 0.15) is 31.7 Å². The number of hydrogen-bond acceptors (Lipinski definition) is 2. The maximum atomic E-state index is 12.8. The monoisotopic (exact) mass is 292 g/mol. The summed E-state index contributed by atoms with van der Waals surface area (Å²) >= 11 is 0. The lowest BCUT2D eigenvalue weighted by atomic mass is 9.99. The molecule has 2 rings (SSSR count). The number of rotatable bonds is 6. The van der Waals surface area contributed by atoms with Gasteiger partial charge in [-0.2, -0.15) is 0 Å². The molecule has 116 valence electrons. The average Bonchev–Trinajstić information content (AvgIpc) is 2.49. The number of halogens is 1. The van der Waals surface area contributed by atoms with Crippen LogP contribution in [0.15, 0.2) is 24.3 Å². The number of carbonyl (C=O) groups excluding carboxylic acids is 1. The number of likely N-dealkylation sites (tertiary alicyclic amines) is 1. The number of carbonyl (C=O) groups is 1. The molecule has 21 heavy (non-hydrogen) atoms. The van der Waals surface area contributed by atoms with Gasteiger partial charge in [0.2, 0.25) is 5.91 Å². The molecular formula is C17H25FN2O. The molecule has 0 atom stereocenters. The summed E-state index contributed by atoms with van der Waals surface area (Å²) in [5, 5.41) is 2.93. The number of piperidine rings is 1. The Balaban J connectivity index is 1.58. The second-order valence-corrected chi connectivity index (χ2v) is 6.00. The number of benzene rings is 1. The minimum absolute atomic E-state index is 0.107. The van der Waals surface area contributed by atoms with Gasteiger partial charge in [-0.05, 0) is 56.0 Å². The first-order valence-electron chi connectivity index (χ1n) is 7.87. The van der Waals surface area contributed by atoms with E-state index >= 15 is 0 Å². The van der Waals surface area contributed by atoms with E-state index in [0.717, 1.165) is 37.5 Å². The molecule has 1 saturated heterocycles. The van der Waals surface area contributed by atoms with Crippen LogP contribution in [0.2, 0.25) is 0 Å². The van der Waals surface area contributed by atoms with Gasteiger partial charge >= 0.3 is 0 Å². The van der Waals surface area contributed by atoms with Crippen molar-refractivity contribution in [3.05, 3.63) is 35.6 Å². The third-order valence-corrected chi connectivity index (χ3v) is 4.18. The first-order valence-corrected chi connectivity index (χ1v) is 7.87. The number of hydrogen-bond donors (Lipinski definition) is 1. The van der Waals surface area contributed by atoms with Crippen LogP contribution < -0.4 is 5.32 Å². The van der Waals surface area contributed by atoms with Gasteiger partial charge in [-0.25, -0.2) is 4.39 Å². The highest BCUT2D eigenvalue weighted by molar-refractivity contribution is 5.76. The van der Waals surface area contributed by atoms with Gasteiger partial charge in [0.1, 0.15) is 5.82 Å². The summed E-state index contributed by atoms with van der Waals surface area (Å²) < 4.78 is 12.8. The Bertz CT molecular complexity index is 439. The molecule has 0 unspecified atom stereocenters. The van der Waals surface area contributed by atoms with E-state index in [2.05, 4.69) is 17.1 Å². The van der Waals surface area contributed by atoms with Crippen molar-refractivity contribution >= 4 is 5.91 Å². The molecule has 1 aromatic carbocycles. The fraction of sp³-hybridized carbons (Fsp3) is 0.588. The molecule has 3 nitrogen and oxygen atoms in total. The smallest absolute Gasteiger partial charge is 0.221 e. The Morgan fingerprint density at radius 3 is 2.62 bits per heavy atom. The predicted octanol–water partition coefficient (Wildman–Crippen LogP) is 2.61. The third kappa shape index (κ3) is 5.84. The van der Waals surface area contributed by atoms with Crippen molar-refractivity contribution in [3.63, 3.8) is 0 Å². The SMILES string of the molecule is CC1CCN(CCC(=O)NCCc2ccc(F)cc2)CC1. The first-order chi connectivity index (χ1) is 10.1. The van der Waals surface area contributed by atoms with E-state index in [4.69, 9.17) is 0 Å². The van der Waals surface area contributed by atoms with Gasteiger partial charge in [0.15, 0.2) is 0 Å². The highest BCUT2D eigenvalue weighted by Crippen LogP contribution is 2.15. The van der Waals surface area contributed by atoms with Gasteiger partial charge in [0, 0.05) is 19.5 Å². The van der Waals surface area contributed by atoms with Crippen molar-refractivity contribution < 1.29 is 9.18 Å². The van der Waals surface area contributed by atoms with Crippen molar-refractivity contribution in [2.75, 3.05) is 26.2 Å². The maximum Gasteiger partial charge on any atom is 0.221 e. The van der Waals surface area contributed by atoms with Crippen molar-refractivity contribution in [1.82, 2.24) is 10.2 Å². The minimum atomic E-state index is -0.223. The zero-order chi connectivity index (χ0) is 15.1. The van der Waals surface area contributed by atoms with E-state index in [9.17, 15) is 9.18 Å². The van der Waals surface area contributed by atoms with Crippen LogP contribution in [0.25, 0.3) is 0 Å². The molecule has 0 bridgehead atoms. The van der Waals surface area contributed by atoms with Crippen molar-refractivity contribution in [1.29, 1.82) is 0 Å². The first kappa shape index (κ1) is 16.0. The van der Waals surface area contributed by atoms with Crippen LogP contribution >= 0.6 is 0 Å². The lowest BCUT2D eigenvalue weighted by Gasteiger charge is -2.29. The predicted molar refractivity (Wildman–Crippen MR) is 82.6 cm³/mol. The third-order valence-electron chi connectivity index (χ3n) is 4.18. The molecule has 0 aromatic heterocycles. The lowest BCUT2D eigenvalue weighted by molar-refractivity contribution is -0.121. The highest BCUT2D eigenvalue weighted by atomic mass is 19.1. The molecule has 1 fully saturated rings. The second kappa shape index (κ2) is 8.13. The molecule has 0 saturated carbocycles. The van der Waals surface area contributed by atoms with Crippen LogP contribution in [-0.2, 0) is 11.2 Å². The van der Waals surface area contributed by atoms with Gasteiger partial charge < -0.3 is 10.2 Å². The number of nitrogens with zero attached hydrogens (tertiary/aromatic N) is 1. The average molecular weight is 292 g/mol. The topological polar surface area (TPSA) is 32.3 Å². The van der Waals surface area contributed by atoms with Gasteiger partial charge in [-0.3, -0.25) is 4.79 Å². The fourth-order valence-electron chi connectivity index (χ4n) is 2.63. The molecule has 1 heterocycles. The van der Waals surface area contributed by atoms with E-state index in [1.807, 2.05) is 0 Å². The van der Waals surface area contributed by atoms with Crippen molar-refractivity contribution in [2.24, 2.45) is 5.92 Å². The van der Waals surface area contributed by atoms with Crippen LogP contribution in [0.3, 0.4) is 0 Å². The van der Waals surface area contributed by atoms with E-state index in [1.54, 1.807) is 12.1 Å². The van der Waals surface area contributed by atoms with Crippen LogP contribution in [-0.4, -0.2) is 37.0 Å². The van der Waals surface area contributed by atoms with Crippen molar-refractivity contribution in [2.45, 2.75) is 32.6 Å². The summed E-state index contributed by atoms with van der Waals surface area (Å²) in [6.07, 6.45) is 3.80. The summed E-state index contributed by atoms with van der Waals surface area (Å²) in [5.41, 5.74) is 1.04. The highest BCUT2D eigenvalue weighted by Gasteiger charge is 2.15. The minimum Gasteiger partial charge on any atom is -0.356 e. The Hall–Kier alpha value is -1.42. The van der Waals surface area contributed by atoms with E-state index in [1.165, 1.54) is 25.0 Å². The zero-order valence-electron chi connectivity index (χ0n) is 12.8. The molecule has 0 aliphatic carbocycles. The normalized spacial score (nSPS) is 16.9. The summed E-state index contributed by atoms with van der Waals surface area (Å²) in [6, 6.07) is 6.43. The maximum absolute atomic E-state index is 12.8. The van der Waals surface area contributed by atoms with Crippen LogP contribution in [0.4, 0.5) is 4.39 Å². The molecule has 1 aliphatic rings. The molecule has 1 amide bonds. The molecule has 4 heteroatoms. The number of amides is 1. The quantitative estimate of drug-likeness (QED) is 0.874. The Morgan fingerprint density at radius 1 is 1.29 bits per heavy atom. The largest absolute Gasteiger partial charge is 0.356 e. The Labute approximate surface area is 126 Å². The van der Waals surface area contributed by atoms with Crippen molar-refractivity contribution in [3.8, 4) is 0 Å². The molecule has 1 aromatic rings. The molecule has 1 N–H and O–H groups in total. The van der Waals surface area contributed by atoms with E-state index < -0.39 is 0 Å². The summed E-state index contributed by atoms with van der Waals surface area (Å²) in [5.74, 6) is 0.708. The van der Waals surface area contributed by atoms with Gasteiger partial charge in [0.25, 0.3) is 0 Å². The number of nitrogens with one attached hydrogen (secondary N) is 1. The van der Waals surface area contributed by atoms with Crippen LogP contribution in [0.5, 0.6) is 0 Å². The van der Waals surface area contributed by atoms with E-state index in [-0.39, 0.29) is 11.7 Å². The lowest BCUT2D eigenvalue weighted by Crippen LogP contribution is -2.36. The van der Waals surface area contributed by atoms with E-state index in [0.29, 0.717) is 13.0 Å². The molecular weight excluding hydrogens is 267 g/mol. The summed E-state index contributed by atoms with van der Waals surface area (Å²) in [4.78, 5) is 14.2. The van der Waals surface area contributed by atoms with Gasteiger partial charge in [-0.15, -0.1) is 0 Å².